The second-order valence-electron chi connectivity index (χ2n) is 6.42. The Morgan fingerprint density at radius 3 is 2.96 bits per heavy atom. The van der Waals surface area contributed by atoms with Crippen molar-refractivity contribution in [3.63, 3.8) is 0 Å². The molecule has 1 aliphatic heterocycles. The van der Waals surface area contributed by atoms with E-state index in [0.29, 0.717) is 0 Å². The molecule has 1 aliphatic carbocycles. The molecule has 2 aliphatic rings. The van der Waals surface area contributed by atoms with E-state index < -0.39 is 0 Å². The van der Waals surface area contributed by atoms with E-state index in [0.717, 1.165) is 50.4 Å². The molecule has 1 atom stereocenters. The summed E-state index contributed by atoms with van der Waals surface area (Å²) in [5.41, 5.74) is 1.29. The first kappa shape index (κ1) is 16.1. The van der Waals surface area contributed by atoms with Crippen LogP contribution in [0.1, 0.15) is 18.4 Å². The third-order valence-electron chi connectivity index (χ3n) is 4.40. The Morgan fingerprint density at radius 2 is 2.22 bits per heavy atom. The quantitative estimate of drug-likeness (QED) is 0.474. The molecule has 1 aromatic rings. The largest absolute Gasteiger partial charge is 0.488 e. The van der Waals surface area contributed by atoms with Crippen LogP contribution in [0.15, 0.2) is 29.3 Å². The van der Waals surface area contributed by atoms with Crippen LogP contribution in [0.4, 0.5) is 0 Å². The van der Waals surface area contributed by atoms with Gasteiger partial charge in [-0.15, -0.1) is 0 Å². The number of benzene rings is 1. The first-order valence-electron chi connectivity index (χ1n) is 8.50. The minimum atomic E-state index is 0.170. The number of hydrogen-bond acceptors (Lipinski definition) is 3. The minimum Gasteiger partial charge on any atom is -0.488 e. The summed E-state index contributed by atoms with van der Waals surface area (Å²) in [7, 11) is 3.86. The van der Waals surface area contributed by atoms with E-state index in [1.54, 1.807) is 0 Å². The molecule has 5 heteroatoms. The van der Waals surface area contributed by atoms with Gasteiger partial charge < -0.3 is 19.7 Å². The molecule has 1 heterocycles. The van der Waals surface area contributed by atoms with Crippen LogP contribution < -0.4 is 10.1 Å². The number of fused-ring (bicyclic) bond motifs is 1. The molecule has 0 amide bonds. The van der Waals surface area contributed by atoms with Gasteiger partial charge in [-0.3, -0.25) is 4.99 Å². The van der Waals surface area contributed by atoms with Crippen LogP contribution in [0.2, 0.25) is 0 Å². The van der Waals surface area contributed by atoms with E-state index >= 15 is 0 Å². The molecule has 0 radical (unpaired) electrons. The van der Waals surface area contributed by atoms with Crippen molar-refractivity contribution in [2.75, 3.05) is 40.4 Å². The monoisotopic (exact) mass is 317 g/mol. The molecule has 5 nitrogen and oxygen atoms in total. The number of aliphatic imine (C=N–C) groups is 1. The number of nitrogens with zero attached hydrogens (tertiary/aromatic N) is 2. The Labute approximate surface area is 138 Å². The smallest absolute Gasteiger partial charge is 0.193 e. The van der Waals surface area contributed by atoms with Crippen LogP contribution in [0, 0.1) is 5.92 Å². The van der Waals surface area contributed by atoms with Crippen molar-refractivity contribution in [2.45, 2.75) is 25.4 Å². The van der Waals surface area contributed by atoms with Gasteiger partial charge in [0.2, 0.25) is 0 Å². The molecular weight excluding hydrogens is 290 g/mol. The number of nitrogens with one attached hydrogen (secondary N) is 1. The molecule has 0 bridgehead atoms. The molecular formula is C18H27N3O2. The standard InChI is InChI=1S/C18H27N3O2/c1-19-18(21(2)9-10-22-13-14-7-8-14)20-12-16-11-15-5-3-4-6-17(15)23-16/h3-6,14,16H,7-13H2,1-2H3,(H,19,20). The Hall–Kier alpha value is -1.75. The lowest BCUT2D eigenvalue weighted by Crippen LogP contribution is -2.44. The van der Waals surface area contributed by atoms with Gasteiger partial charge in [-0.2, -0.15) is 0 Å². The highest BCUT2D eigenvalue weighted by Crippen LogP contribution is 2.29. The van der Waals surface area contributed by atoms with Crippen LogP contribution >= 0.6 is 0 Å². The summed E-state index contributed by atoms with van der Waals surface area (Å²) in [5.74, 6) is 2.72. The average Bonchev–Trinajstić information content (AvgIpc) is 3.29. The maximum Gasteiger partial charge on any atom is 0.193 e. The molecule has 0 aromatic heterocycles. The highest BCUT2D eigenvalue weighted by molar-refractivity contribution is 5.79. The van der Waals surface area contributed by atoms with Crippen molar-refractivity contribution in [1.82, 2.24) is 10.2 Å². The number of likely N-dealkylation sites (N-methyl/N-ethyl adjacent to an activating group) is 1. The maximum atomic E-state index is 5.95. The fourth-order valence-corrected chi connectivity index (χ4v) is 2.80. The Balaban J connectivity index is 1.37. The molecule has 1 fully saturated rings. The highest BCUT2D eigenvalue weighted by Gasteiger charge is 2.23. The molecule has 1 aromatic carbocycles. The van der Waals surface area contributed by atoms with Crippen molar-refractivity contribution < 1.29 is 9.47 Å². The zero-order chi connectivity index (χ0) is 16.1. The summed E-state index contributed by atoms with van der Waals surface area (Å²) in [6.45, 7) is 3.26. The van der Waals surface area contributed by atoms with E-state index in [9.17, 15) is 0 Å². The summed E-state index contributed by atoms with van der Waals surface area (Å²) in [6, 6.07) is 8.25. The normalized spacial score (nSPS) is 20.1. The van der Waals surface area contributed by atoms with Gasteiger partial charge >= 0.3 is 0 Å². The first-order chi connectivity index (χ1) is 11.3. The zero-order valence-corrected chi connectivity index (χ0v) is 14.1. The van der Waals surface area contributed by atoms with Crippen molar-refractivity contribution in [1.29, 1.82) is 0 Å². The topological polar surface area (TPSA) is 46.1 Å². The highest BCUT2D eigenvalue weighted by atomic mass is 16.5. The molecule has 23 heavy (non-hydrogen) atoms. The van der Waals surface area contributed by atoms with Crippen molar-refractivity contribution >= 4 is 5.96 Å². The fourth-order valence-electron chi connectivity index (χ4n) is 2.80. The van der Waals surface area contributed by atoms with Gasteiger partial charge in [-0.25, -0.2) is 0 Å². The van der Waals surface area contributed by atoms with Crippen molar-refractivity contribution in [2.24, 2.45) is 10.9 Å². The molecule has 0 saturated heterocycles. The predicted octanol–water partition coefficient (Wildman–Crippen LogP) is 1.92. The SMILES string of the molecule is CN=C(NCC1Cc2ccccc2O1)N(C)CCOCC1CC1. The van der Waals surface area contributed by atoms with Gasteiger partial charge in [0.1, 0.15) is 11.9 Å². The number of ether oxygens (including phenoxy) is 2. The Kier molecular flexibility index (Phi) is 5.39. The fraction of sp³-hybridized carbons (Fsp3) is 0.611. The van der Waals surface area contributed by atoms with E-state index in [1.165, 1.54) is 18.4 Å². The lowest BCUT2D eigenvalue weighted by Gasteiger charge is -2.23. The predicted molar refractivity (Wildman–Crippen MR) is 92.1 cm³/mol. The zero-order valence-electron chi connectivity index (χ0n) is 14.1. The third kappa shape index (κ3) is 4.61. The van der Waals surface area contributed by atoms with Crippen LogP contribution in [0.5, 0.6) is 5.75 Å². The van der Waals surface area contributed by atoms with Crippen molar-refractivity contribution in [3.05, 3.63) is 29.8 Å². The second kappa shape index (κ2) is 7.68. The van der Waals surface area contributed by atoms with Gasteiger partial charge in [0, 0.05) is 33.7 Å². The van der Waals surface area contributed by atoms with Crippen LogP contribution in [0.3, 0.4) is 0 Å². The van der Waals surface area contributed by atoms with Crippen LogP contribution in [0.25, 0.3) is 0 Å². The van der Waals surface area contributed by atoms with Crippen LogP contribution in [-0.4, -0.2) is 57.4 Å². The van der Waals surface area contributed by atoms with Crippen LogP contribution in [-0.2, 0) is 11.2 Å². The number of guanidine groups is 1. The Bertz CT molecular complexity index is 518. The van der Waals surface area contributed by atoms with E-state index in [4.69, 9.17) is 9.47 Å². The second-order valence-corrected chi connectivity index (χ2v) is 6.42. The molecule has 1 saturated carbocycles. The summed E-state index contributed by atoms with van der Waals surface area (Å²) in [6.07, 6.45) is 3.80. The summed E-state index contributed by atoms with van der Waals surface area (Å²) in [5, 5.41) is 3.40. The molecule has 0 spiro atoms. The first-order valence-corrected chi connectivity index (χ1v) is 8.50. The Morgan fingerprint density at radius 1 is 1.39 bits per heavy atom. The molecule has 126 valence electrons. The number of rotatable bonds is 7. The minimum absolute atomic E-state index is 0.170. The number of hydrogen-bond donors (Lipinski definition) is 1. The summed E-state index contributed by atoms with van der Waals surface area (Å²) in [4.78, 5) is 6.45. The van der Waals surface area contributed by atoms with E-state index in [-0.39, 0.29) is 6.10 Å². The van der Waals surface area contributed by atoms with Gasteiger partial charge in [-0.05, 0) is 30.4 Å². The maximum absolute atomic E-state index is 5.95. The van der Waals surface area contributed by atoms with Gasteiger partial charge in [-0.1, -0.05) is 18.2 Å². The average molecular weight is 317 g/mol. The van der Waals surface area contributed by atoms with Gasteiger partial charge in [0.25, 0.3) is 0 Å². The molecule has 1 N–H and O–H groups in total. The lowest BCUT2D eigenvalue weighted by molar-refractivity contribution is 0.115. The summed E-state index contributed by atoms with van der Waals surface area (Å²) < 4.78 is 11.6. The molecule has 1 unspecified atom stereocenters. The van der Waals surface area contributed by atoms with E-state index in [1.807, 2.05) is 26.2 Å². The molecule has 3 rings (SSSR count). The third-order valence-corrected chi connectivity index (χ3v) is 4.40. The number of para-hydroxylation sites is 1. The van der Waals surface area contributed by atoms with E-state index in [2.05, 4.69) is 27.3 Å². The lowest BCUT2D eigenvalue weighted by atomic mass is 10.1. The van der Waals surface area contributed by atoms with Gasteiger partial charge in [0.05, 0.1) is 13.2 Å². The summed E-state index contributed by atoms with van der Waals surface area (Å²) >= 11 is 0. The van der Waals surface area contributed by atoms with Gasteiger partial charge in [0.15, 0.2) is 5.96 Å². The van der Waals surface area contributed by atoms with Crippen molar-refractivity contribution in [3.8, 4) is 5.75 Å².